The Labute approximate surface area is 142 Å². The van der Waals surface area contributed by atoms with Crippen LogP contribution in [-0.2, 0) is 6.54 Å². The third kappa shape index (κ3) is 3.23. The Morgan fingerprint density at radius 2 is 2.04 bits per heavy atom. The first-order chi connectivity index (χ1) is 11.5. The normalized spacial score (nSPS) is 14.4. The third-order valence-electron chi connectivity index (χ3n) is 3.81. The van der Waals surface area contributed by atoms with Crippen LogP contribution in [-0.4, -0.2) is 42.0 Å². The van der Waals surface area contributed by atoms with Crippen molar-refractivity contribution < 1.29 is 14.0 Å². The van der Waals surface area contributed by atoms with Gasteiger partial charge in [-0.1, -0.05) is 23.5 Å². The van der Waals surface area contributed by atoms with E-state index in [4.69, 9.17) is 0 Å². The summed E-state index contributed by atoms with van der Waals surface area (Å²) < 4.78 is 12.9. The van der Waals surface area contributed by atoms with Crippen LogP contribution >= 0.6 is 11.3 Å². The Balaban J connectivity index is 1.69. The number of thiazole rings is 1. The smallest absolute Gasteiger partial charge is 0.326 e. The monoisotopic (exact) mass is 348 g/mol. The van der Waals surface area contributed by atoms with Crippen LogP contribution in [0, 0.1) is 12.7 Å². The van der Waals surface area contributed by atoms with Crippen molar-refractivity contribution in [3.63, 3.8) is 0 Å². The minimum Gasteiger partial charge on any atom is -0.347 e. The highest BCUT2D eigenvalue weighted by atomic mass is 32.1. The van der Waals surface area contributed by atoms with Gasteiger partial charge < -0.3 is 10.2 Å². The van der Waals surface area contributed by atoms with Crippen LogP contribution in [0.15, 0.2) is 24.3 Å². The number of urea groups is 1. The molecule has 2 aromatic rings. The molecule has 0 unspecified atom stereocenters. The van der Waals surface area contributed by atoms with Gasteiger partial charge in [0, 0.05) is 26.7 Å². The Bertz CT molecular complexity index is 775. The SMILES string of the molecule is Cc1nc(N2CCN(C)C2=O)sc1C(=O)NCc1ccc(F)cc1. The predicted octanol–water partition coefficient (Wildman–Crippen LogP) is 2.39. The number of nitrogens with zero attached hydrogens (tertiary/aromatic N) is 3. The van der Waals surface area contributed by atoms with E-state index in [-0.39, 0.29) is 17.8 Å². The van der Waals surface area contributed by atoms with Gasteiger partial charge in [-0.3, -0.25) is 9.69 Å². The van der Waals surface area contributed by atoms with Gasteiger partial charge in [0.25, 0.3) is 5.91 Å². The van der Waals surface area contributed by atoms with Crippen molar-refractivity contribution in [2.24, 2.45) is 0 Å². The minimum absolute atomic E-state index is 0.109. The van der Waals surface area contributed by atoms with E-state index in [1.807, 2.05) is 0 Å². The fourth-order valence-corrected chi connectivity index (χ4v) is 3.40. The van der Waals surface area contributed by atoms with Crippen molar-refractivity contribution in [2.75, 3.05) is 25.0 Å². The van der Waals surface area contributed by atoms with Crippen LogP contribution in [0.5, 0.6) is 0 Å². The lowest BCUT2D eigenvalue weighted by atomic mass is 10.2. The average molecular weight is 348 g/mol. The van der Waals surface area contributed by atoms with Crippen LogP contribution in [0.3, 0.4) is 0 Å². The number of carbonyl (C=O) groups is 2. The number of hydrogen-bond acceptors (Lipinski definition) is 4. The van der Waals surface area contributed by atoms with Gasteiger partial charge in [-0.25, -0.2) is 14.2 Å². The highest BCUT2D eigenvalue weighted by Crippen LogP contribution is 2.28. The average Bonchev–Trinajstić information content (AvgIpc) is 3.10. The summed E-state index contributed by atoms with van der Waals surface area (Å²) in [5.41, 5.74) is 1.40. The van der Waals surface area contributed by atoms with E-state index in [1.54, 1.807) is 35.9 Å². The summed E-state index contributed by atoms with van der Waals surface area (Å²) in [6.07, 6.45) is 0. The summed E-state index contributed by atoms with van der Waals surface area (Å²) >= 11 is 1.20. The zero-order valence-corrected chi connectivity index (χ0v) is 14.2. The summed E-state index contributed by atoms with van der Waals surface area (Å²) in [5, 5.41) is 3.33. The second kappa shape index (κ2) is 6.56. The van der Waals surface area contributed by atoms with Gasteiger partial charge >= 0.3 is 6.03 Å². The molecule has 0 radical (unpaired) electrons. The van der Waals surface area contributed by atoms with Crippen molar-refractivity contribution in [3.05, 3.63) is 46.2 Å². The molecule has 0 aliphatic carbocycles. The molecule has 1 aromatic carbocycles. The van der Waals surface area contributed by atoms with E-state index in [0.29, 0.717) is 35.3 Å². The van der Waals surface area contributed by atoms with Crippen molar-refractivity contribution in [3.8, 4) is 0 Å². The van der Waals surface area contributed by atoms with Gasteiger partial charge in [0.15, 0.2) is 5.13 Å². The predicted molar refractivity (Wildman–Crippen MR) is 89.8 cm³/mol. The quantitative estimate of drug-likeness (QED) is 0.923. The zero-order valence-electron chi connectivity index (χ0n) is 13.4. The highest BCUT2D eigenvalue weighted by molar-refractivity contribution is 7.17. The van der Waals surface area contributed by atoms with E-state index in [9.17, 15) is 14.0 Å². The van der Waals surface area contributed by atoms with E-state index in [0.717, 1.165) is 5.56 Å². The molecule has 0 spiro atoms. The number of rotatable bonds is 4. The first kappa shape index (κ1) is 16.4. The molecule has 126 valence electrons. The lowest BCUT2D eigenvalue weighted by molar-refractivity contribution is 0.0954. The summed E-state index contributed by atoms with van der Waals surface area (Å²) in [7, 11) is 1.74. The molecule has 1 saturated heterocycles. The van der Waals surface area contributed by atoms with Crippen LogP contribution in [0.1, 0.15) is 20.9 Å². The van der Waals surface area contributed by atoms with E-state index < -0.39 is 0 Å². The lowest BCUT2D eigenvalue weighted by Crippen LogP contribution is -2.29. The van der Waals surface area contributed by atoms with Crippen LogP contribution in [0.25, 0.3) is 0 Å². The maximum absolute atomic E-state index is 12.9. The molecule has 1 aromatic heterocycles. The fraction of sp³-hybridized carbons (Fsp3) is 0.312. The van der Waals surface area contributed by atoms with E-state index in [2.05, 4.69) is 10.3 Å². The summed E-state index contributed by atoms with van der Waals surface area (Å²) in [5.74, 6) is -0.561. The van der Waals surface area contributed by atoms with Gasteiger partial charge in [0.05, 0.1) is 5.69 Å². The number of nitrogens with one attached hydrogen (secondary N) is 1. The van der Waals surface area contributed by atoms with Gasteiger partial charge in [-0.15, -0.1) is 0 Å². The molecule has 0 saturated carbocycles. The molecule has 2 heterocycles. The molecule has 24 heavy (non-hydrogen) atoms. The molecule has 0 atom stereocenters. The molecule has 3 rings (SSSR count). The first-order valence-electron chi connectivity index (χ1n) is 7.48. The highest BCUT2D eigenvalue weighted by Gasteiger charge is 2.30. The number of aromatic nitrogens is 1. The number of hydrogen-bond donors (Lipinski definition) is 1. The summed E-state index contributed by atoms with van der Waals surface area (Å²) in [4.78, 5) is 32.4. The number of anilines is 1. The largest absolute Gasteiger partial charge is 0.347 e. The number of halogens is 1. The fourth-order valence-electron chi connectivity index (χ4n) is 2.40. The second-order valence-corrected chi connectivity index (χ2v) is 6.55. The molecule has 1 aliphatic heterocycles. The first-order valence-corrected chi connectivity index (χ1v) is 8.30. The summed E-state index contributed by atoms with van der Waals surface area (Å²) in [6.45, 7) is 3.26. The molecule has 1 fully saturated rings. The standard InChI is InChI=1S/C16H17FN4O2S/c1-10-13(14(22)18-9-11-3-5-12(17)6-4-11)24-15(19-10)21-8-7-20(2)16(21)23/h3-6H,7-9H2,1-2H3,(H,18,22). The number of amides is 3. The lowest BCUT2D eigenvalue weighted by Gasteiger charge is -2.11. The molecule has 6 nitrogen and oxygen atoms in total. The van der Waals surface area contributed by atoms with Crippen LogP contribution in [0.4, 0.5) is 14.3 Å². The van der Waals surface area contributed by atoms with Gasteiger partial charge in [0.1, 0.15) is 10.7 Å². The van der Waals surface area contributed by atoms with E-state index >= 15 is 0 Å². The Morgan fingerprint density at radius 3 is 2.67 bits per heavy atom. The molecule has 8 heteroatoms. The molecule has 3 amide bonds. The maximum atomic E-state index is 12.9. The summed E-state index contributed by atoms with van der Waals surface area (Å²) in [6, 6.07) is 5.85. The second-order valence-electron chi connectivity index (χ2n) is 5.58. The molecule has 1 aliphatic rings. The Morgan fingerprint density at radius 1 is 1.33 bits per heavy atom. The van der Waals surface area contributed by atoms with Crippen molar-refractivity contribution in [2.45, 2.75) is 13.5 Å². The van der Waals surface area contributed by atoms with Gasteiger partial charge in [-0.2, -0.15) is 0 Å². The van der Waals surface area contributed by atoms with Gasteiger partial charge in [0.2, 0.25) is 0 Å². The number of likely N-dealkylation sites (N-methyl/N-ethyl adjacent to an activating group) is 1. The van der Waals surface area contributed by atoms with Crippen molar-refractivity contribution in [1.82, 2.24) is 15.2 Å². The minimum atomic E-state index is -0.312. The third-order valence-corrected chi connectivity index (χ3v) is 4.98. The number of carbonyl (C=O) groups excluding carboxylic acids is 2. The molecular formula is C16H17FN4O2S. The molecule has 1 N–H and O–H groups in total. The van der Waals surface area contributed by atoms with E-state index in [1.165, 1.54) is 23.5 Å². The van der Waals surface area contributed by atoms with Crippen molar-refractivity contribution >= 4 is 28.4 Å². The molecule has 0 bridgehead atoms. The van der Waals surface area contributed by atoms with Gasteiger partial charge in [-0.05, 0) is 24.6 Å². The topological polar surface area (TPSA) is 65.5 Å². The number of benzene rings is 1. The van der Waals surface area contributed by atoms with Crippen molar-refractivity contribution in [1.29, 1.82) is 0 Å². The van der Waals surface area contributed by atoms with Crippen LogP contribution in [0.2, 0.25) is 0 Å². The number of aryl methyl sites for hydroxylation is 1. The zero-order chi connectivity index (χ0) is 17.3. The maximum Gasteiger partial charge on any atom is 0.326 e. The molecular weight excluding hydrogens is 331 g/mol. The Hall–Kier alpha value is -2.48. The van der Waals surface area contributed by atoms with Crippen LogP contribution < -0.4 is 10.2 Å². The Kier molecular flexibility index (Phi) is 4.48.